The number of allylic oxidation sites excluding steroid dienone is 13. The van der Waals surface area contributed by atoms with Gasteiger partial charge >= 0.3 is 341 Å². The van der Waals surface area contributed by atoms with Gasteiger partial charge in [-0.2, -0.15) is 0 Å². The van der Waals surface area contributed by atoms with E-state index in [9.17, 15) is 0 Å². The molecule has 3 aromatic rings. The molecule has 296 valence electrons. The van der Waals surface area contributed by atoms with Crippen LogP contribution in [-0.4, -0.2) is 5.92 Å². The smallest absolute Gasteiger partial charge is 1.00 e. The van der Waals surface area contributed by atoms with Crippen molar-refractivity contribution in [2.75, 3.05) is 0 Å². The third kappa shape index (κ3) is 4.83. The van der Waals surface area contributed by atoms with E-state index >= 15 is 0 Å². The maximum absolute atomic E-state index is 2.88. The van der Waals surface area contributed by atoms with E-state index in [1.54, 1.807) is 16.7 Å². The largest absolute Gasteiger partial charge is 1.00 e. The van der Waals surface area contributed by atoms with E-state index in [0.29, 0.717) is 5.92 Å². The molecule has 10 unspecified atom stereocenters. The molecule has 4 heteroatoms. The number of halogens is 2. The summed E-state index contributed by atoms with van der Waals surface area (Å²) in [4.78, 5) is 0. The predicted octanol–water partition coefficient (Wildman–Crippen LogP) is 8.48. The molecule has 9 rings (SSSR count). The minimum absolute atomic E-state index is 0. The van der Waals surface area contributed by atoms with E-state index in [2.05, 4.69) is 203 Å². The molecule has 0 amide bonds. The van der Waals surface area contributed by atoms with Crippen LogP contribution in [0.1, 0.15) is 92.2 Å². The first kappa shape index (κ1) is 42.9. The van der Waals surface area contributed by atoms with Crippen molar-refractivity contribution < 1.29 is 47.2 Å². The van der Waals surface area contributed by atoms with E-state index < -0.39 is 28.3 Å². The summed E-state index contributed by atoms with van der Waals surface area (Å²) in [5.74, 6) is 0.0197. The third-order valence-electron chi connectivity index (χ3n) is 18.3. The van der Waals surface area contributed by atoms with Crippen LogP contribution in [0, 0.1) is 43.8 Å². The Morgan fingerprint density at radius 3 is 2.07 bits per heavy atom. The van der Waals surface area contributed by atoms with Gasteiger partial charge in [0, 0.05) is 0 Å². The molecule has 0 spiro atoms. The molecule has 0 aliphatic heterocycles. The Labute approximate surface area is 369 Å². The molecule has 6 aliphatic rings. The molecule has 0 saturated heterocycles. The summed E-state index contributed by atoms with van der Waals surface area (Å²) in [6.45, 7) is 29.6. The fourth-order valence-electron chi connectivity index (χ4n) is 15.0. The molecule has 0 aromatic heterocycles. The Morgan fingerprint density at radius 1 is 0.702 bits per heavy atom. The van der Waals surface area contributed by atoms with Crippen molar-refractivity contribution in [3.8, 4) is 11.1 Å². The average Bonchev–Trinajstić information content (AvgIpc) is 3.60. The van der Waals surface area contributed by atoms with Gasteiger partial charge in [-0.05, 0) is 0 Å². The van der Waals surface area contributed by atoms with E-state index in [0.717, 1.165) is 16.5 Å². The molecular formula is C53H62Cl2SiZr. The summed E-state index contributed by atoms with van der Waals surface area (Å²) in [5.41, 5.74) is 10.3. The zero-order valence-electron chi connectivity index (χ0n) is 36.1. The van der Waals surface area contributed by atoms with Crippen molar-refractivity contribution in [2.45, 2.75) is 97.8 Å². The molecule has 0 nitrogen and oxygen atoms in total. The number of hydrogen-bond donors (Lipinski definition) is 0. The number of fused-ring (bicyclic) bond motifs is 10. The standard InChI is InChI=1S/C51H55.C2H7Si.2ClH.Zr/c1-10-19-36-32-42-40(39-25-16-22-35-21-11-12-24-38(35)39)26-17-27-41(42)44(36)43-28-18-31-46(4)45(3)29-13-14-30-47(45,5)51(9)48(6,50(43,46)8)33-37-23-15-20-34(2)49(37,51)7;1-3-2;;;/h11-18,20-33,37,44H,10,19H2,1-9H3;3H,1-2H3;2*1H;/q;;;;+2/p-2. The summed E-state index contributed by atoms with van der Waals surface area (Å²) in [7, 11) is 0. The Kier molecular flexibility index (Phi) is 10.7. The quantitative estimate of drug-likeness (QED) is 0.218. The van der Waals surface area contributed by atoms with E-state index in [1.165, 1.54) is 33.0 Å². The van der Waals surface area contributed by atoms with Gasteiger partial charge in [0.25, 0.3) is 0 Å². The Balaban J connectivity index is 0.00000248. The minimum atomic E-state index is -0.815. The maximum Gasteiger partial charge on any atom is -1.00 e. The van der Waals surface area contributed by atoms with Crippen LogP contribution in [0.3, 0.4) is 0 Å². The Bertz CT molecular complexity index is 2350. The molecule has 57 heavy (non-hydrogen) atoms. The first-order chi connectivity index (χ1) is 26.1. The van der Waals surface area contributed by atoms with Crippen molar-refractivity contribution in [1.82, 2.24) is 0 Å². The van der Waals surface area contributed by atoms with Crippen LogP contribution < -0.4 is 24.8 Å². The first-order valence-electron chi connectivity index (χ1n) is 21.3. The van der Waals surface area contributed by atoms with E-state index in [1.807, 2.05) is 0 Å². The van der Waals surface area contributed by atoms with Gasteiger partial charge in [-0.1, -0.05) is 6.07 Å². The zero-order valence-corrected chi connectivity index (χ0v) is 41.2. The maximum atomic E-state index is 2.88. The van der Waals surface area contributed by atoms with Gasteiger partial charge in [0.1, 0.15) is 0 Å². The molecule has 3 aromatic carbocycles. The SMILES string of the molecule is CCCC1=Cc2c(-c3cccc4ccccc34)cccc2C1C1=CC=CC2(C)C3(C)C=CC=CC3(C)C3(C)C4(C)C(C)=CC=CC4[CH]([Zr+2][SiH](C)C)C3(C)C12C.[Cl-].[Cl-]. The van der Waals surface area contributed by atoms with Crippen molar-refractivity contribution in [1.29, 1.82) is 0 Å². The van der Waals surface area contributed by atoms with Crippen LogP contribution in [0.25, 0.3) is 28.0 Å². The van der Waals surface area contributed by atoms with E-state index in [-0.39, 0.29) is 68.6 Å². The van der Waals surface area contributed by atoms with Crippen LogP contribution >= 0.6 is 0 Å². The van der Waals surface area contributed by atoms with E-state index in [4.69, 9.17) is 0 Å². The first-order valence-corrected chi connectivity index (χ1v) is 29.9. The second-order valence-electron chi connectivity index (χ2n) is 19.8. The second-order valence-corrected chi connectivity index (χ2v) is 34.9. The molecule has 0 bridgehead atoms. The fraction of sp³-hybridized carbons (Fsp3) is 0.434. The van der Waals surface area contributed by atoms with Crippen molar-refractivity contribution in [3.05, 3.63) is 149 Å². The predicted molar refractivity (Wildman–Crippen MR) is 236 cm³/mol. The summed E-state index contributed by atoms with van der Waals surface area (Å²) in [5, 5.41) is 2.66. The number of benzene rings is 3. The van der Waals surface area contributed by atoms with Gasteiger partial charge in [0.05, 0.1) is 0 Å². The van der Waals surface area contributed by atoms with Crippen LogP contribution in [-0.2, 0) is 22.4 Å². The van der Waals surface area contributed by atoms with Crippen LogP contribution in [0.2, 0.25) is 16.7 Å². The Hall–Kier alpha value is -2.22. The van der Waals surface area contributed by atoms with Crippen molar-refractivity contribution in [2.24, 2.45) is 43.8 Å². The van der Waals surface area contributed by atoms with Crippen LogP contribution in [0.15, 0.2) is 138 Å². The fourth-order valence-corrected chi connectivity index (χ4v) is 28.1. The topological polar surface area (TPSA) is 0 Å². The van der Waals surface area contributed by atoms with Gasteiger partial charge in [0.15, 0.2) is 0 Å². The molecule has 2 fully saturated rings. The van der Waals surface area contributed by atoms with Gasteiger partial charge in [-0.25, -0.2) is 0 Å². The second kappa shape index (κ2) is 14.2. The molecule has 6 aliphatic carbocycles. The van der Waals surface area contributed by atoms with Gasteiger partial charge in [-0.15, -0.1) is 0 Å². The monoisotopic (exact) mass is 886 g/mol. The van der Waals surface area contributed by atoms with Gasteiger partial charge in [-0.3, -0.25) is 0 Å². The summed E-state index contributed by atoms with van der Waals surface area (Å²) in [6.07, 6.45) is 30.7. The summed E-state index contributed by atoms with van der Waals surface area (Å²) < 4.78 is 0.735. The van der Waals surface area contributed by atoms with Crippen LogP contribution in [0.4, 0.5) is 0 Å². The zero-order chi connectivity index (χ0) is 39.0. The molecule has 2 saturated carbocycles. The van der Waals surface area contributed by atoms with Crippen molar-refractivity contribution in [3.63, 3.8) is 0 Å². The average molecular weight is 889 g/mol. The molecule has 0 radical (unpaired) electrons. The molecule has 0 heterocycles. The number of hydrogen-bond acceptors (Lipinski definition) is 0. The Morgan fingerprint density at radius 2 is 1.35 bits per heavy atom. The molecule has 0 N–H and O–H groups in total. The summed E-state index contributed by atoms with van der Waals surface area (Å²) in [6, 6.07) is 23.1. The summed E-state index contributed by atoms with van der Waals surface area (Å²) >= 11 is -0.781. The molecule has 10 atom stereocenters. The van der Waals surface area contributed by atoms with Gasteiger partial charge in [0.2, 0.25) is 0 Å². The normalized spacial score (nSPS) is 39.1. The van der Waals surface area contributed by atoms with Crippen LogP contribution in [0.5, 0.6) is 0 Å². The minimum Gasteiger partial charge on any atom is -1.00 e. The van der Waals surface area contributed by atoms with Crippen molar-refractivity contribution >= 4 is 22.8 Å². The molecular weight excluding hydrogens is 827 g/mol. The number of rotatable bonds is 6. The van der Waals surface area contributed by atoms with Gasteiger partial charge < -0.3 is 24.8 Å². The third-order valence-corrected chi connectivity index (χ3v) is 29.2.